The Morgan fingerprint density at radius 2 is 2.00 bits per heavy atom. The Morgan fingerprint density at radius 1 is 1.38 bits per heavy atom. The van der Waals surface area contributed by atoms with Crippen molar-refractivity contribution in [2.45, 2.75) is 17.4 Å². The maximum atomic E-state index is 10.9. The maximum Gasteiger partial charge on any atom is 0.122 e. The molecular weight excluding hydrogens is 184 g/mol. The quantitative estimate of drug-likeness (QED) is 0.731. The number of hydrogen-bond donors (Lipinski definition) is 2. The van der Waals surface area contributed by atoms with Crippen LogP contribution in [0.3, 0.4) is 0 Å². The van der Waals surface area contributed by atoms with Crippen molar-refractivity contribution in [1.82, 2.24) is 5.32 Å². The molecule has 0 spiro atoms. The molecule has 13 heavy (non-hydrogen) atoms. The molecule has 0 saturated carbocycles. The standard InChI is InChI=1S/C9H12N2OS/c10-13(12)8-3-1-7(2-4-8)9-5-6-11-9/h1-4,9,11H,5-6,10H2. The first kappa shape index (κ1) is 8.87. The van der Waals surface area contributed by atoms with Crippen LogP contribution in [-0.2, 0) is 11.0 Å². The largest absolute Gasteiger partial charge is 0.310 e. The molecule has 1 heterocycles. The van der Waals surface area contributed by atoms with E-state index in [1.165, 1.54) is 12.0 Å². The summed E-state index contributed by atoms with van der Waals surface area (Å²) in [5, 5.41) is 8.55. The van der Waals surface area contributed by atoms with Gasteiger partial charge in [0.15, 0.2) is 0 Å². The van der Waals surface area contributed by atoms with Gasteiger partial charge in [0.25, 0.3) is 0 Å². The van der Waals surface area contributed by atoms with Gasteiger partial charge in [0, 0.05) is 6.04 Å². The fraction of sp³-hybridized carbons (Fsp3) is 0.333. The van der Waals surface area contributed by atoms with Crippen molar-refractivity contribution in [2.24, 2.45) is 5.14 Å². The van der Waals surface area contributed by atoms with Crippen LogP contribution in [0.5, 0.6) is 0 Å². The molecule has 2 atom stereocenters. The molecule has 1 aliphatic rings. The third kappa shape index (κ3) is 1.80. The van der Waals surface area contributed by atoms with E-state index in [4.69, 9.17) is 5.14 Å². The second-order valence-electron chi connectivity index (χ2n) is 3.16. The van der Waals surface area contributed by atoms with Crippen molar-refractivity contribution in [3.63, 3.8) is 0 Å². The van der Waals surface area contributed by atoms with E-state index in [-0.39, 0.29) is 0 Å². The Hall–Kier alpha value is -0.710. The van der Waals surface area contributed by atoms with Gasteiger partial charge in [-0.25, -0.2) is 9.35 Å². The van der Waals surface area contributed by atoms with Crippen LogP contribution in [0, 0.1) is 0 Å². The maximum absolute atomic E-state index is 10.9. The third-order valence-electron chi connectivity index (χ3n) is 2.34. The van der Waals surface area contributed by atoms with E-state index in [9.17, 15) is 4.21 Å². The molecule has 3 nitrogen and oxygen atoms in total. The van der Waals surface area contributed by atoms with Crippen LogP contribution in [-0.4, -0.2) is 10.8 Å². The van der Waals surface area contributed by atoms with Crippen molar-refractivity contribution in [2.75, 3.05) is 6.54 Å². The van der Waals surface area contributed by atoms with Crippen molar-refractivity contribution in [1.29, 1.82) is 0 Å². The monoisotopic (exact) mass is 196 g/mol. The lowest BCUT2D eigenvalue weighted by Crippen LogP contribution is -2.34. The highest BCUT2D eigenvalue weighted by Crippen LogP contribution is 2.22. The Labute approximate surface area is 79.9 Å². The average molecular weight is 196 g/mol. The highest BCUT2D eigenvalue weighted by atomic mass is 32.2. The lowest BCUT2D eigenvalue weighted by Gasteiger charge is -2.27. The second kappa shape index (κ2) is 3.57. The number of nitrogens with one attached hydrogen (secondary N) is 1. The summed E-state index contributed by atoms with van der Waals surface area (Å²) in [5.41, 5.74) is 1.25. The molecule has 1 fully saturated rings. The molecule has 0 amide bonds. The Morgan fingerprint density at radius 3 is 2.38 bits per heavy atom. The molecule has 3 N–H and O–H groups in total. The van der Waals surface area contributed by atoms with E-state index in [0.717, 1.165) is 6.54 Å². The van der Waals surface area contributed by atoms with Crippen molar-refractivity contribution in [3.8, 4) is 0 Å². The average Bonchev–Trinajstić information content (AvgIpc) is 2.02. The van der Waals surface area contributed by atoms with Crippen molar-refractivity contribution < 1.29 is 4.21 Å². The van der Waals surface area contributed by atoms with E-state index >= 15 is 0 Å². The first-order valence-electron chi connectivity index (χ1n) is 4.27. The Kier molecular flexibility index (Phi) is 2.44. The van der Waals surface area contributed by atoms with Crippen LogP contribution in [0.1, 0.15) is 18.0 Å². The van der Waals surface area contributed by atoms with Gasteiger partial charge in [-0.15, -0.1) is 0 Å². The SMILES string of the molecule is NS(=O)c1ccc(C2CCN2)cc1. The fourth-order valence-corrected chi connectivity index (χ4v) is 1.81. The third-order valence-corrected chi connectivity index (χ3v) is 3.08. The van der Waals surface area contributed by atoms with Gasteiger partial charge in [-0.05, 0) is 30.7 Å². The summed E-state index contributed by atoms with van der Waals surface area (Å²) in [6.45, 7) is 1.09. The summed E-state index contributed by atoms with van der Waals surface area (Å²) in [6, 6.07) is 8.10. The normalized spacial score (nSPS) is 23.6. The molecular formula is C9H12N2OS. The number of rotatable bonds is 2. The topological polar surface area (TPSA) is 55.1 Å². The lowest BCUT2D eigenvalue weighted by atomic mass is 9.98. The predicted octanol–water partition coefficient (Wildman–Crippen LogP) is 0.702. The number of nitrogens with two attached hydrogens (primary N) is 1. The summed E-state index contributed by atoms with van der Waals surface area (Å²) in [7, 11) is -1.35. The van der Waals surface area contributed by atoms with Crippen LogP contribution in [0.2, 0.25) is 0 Å². The molecule has 1 aromatic rings. The van der Waals surface area contributed by atoms with Crippen LogP contribution >= 0.6 is 0 Å². The minimum Gasteiger partial charge on any atom is -0.310 e. The van der Waals surface area contributed by atoms with Gasteiger partial charge in [-0.2, -0.15) is 0 Å². The highest BCUT2D eigenvalue weighted by Gasteiger charge is 2.17. The molecule has 1 saturated heterocycles. The van der Waals surface area contributed by atoms with Gasteiger partial charge in [0.05, 0.1) is 4.90 Å². The first-order chi connectivity index (χ1) is 6.27. The van der Waals surface area contributed by atoms with E-state index in [0.29, 0.717) is 10.9 Å². The minimum atomic E-state index is -1.35. The highest BCUT2D eigenvalue weighted by molar-refractivity contribution is 7.82. The molecule has 2 rings (SSSR count). The Balaban J connectivity index is 2.17. The van der Waals surface area contributed by atoms with E-state index in [1.807, 2.05) is 24.3 Å². The molecule has 0 aromatic heterocycles. The fourth-order valence-electron chi connectivity index (χ4n) is 1.41. The minimum absolute atomic E-state index is 0.486. The van der Waals surface area contributed by atoms with Gasteiger partial charge >= 0.3 is 0 Å². The van der Waals surface area contributed by atoms with Gasteiger partial charge in [0.2, 0.25) is 0 Å². The van der Waals surface area contributed by atoms with Gasteiger partial charge in [-0.3, -0.25) is 0 Å². The Bertz CT molecular complexity index is 319. The molecule has 1 aliphatic heterocycles. The molecule has 70 valence electrons. The molecule has 4 heteroatoms. The van der Waals surface area contributed by atoms with E-state index in [2.05, 4.69) is 5.32 Å². The van der Waals surface area contributed by atoms with Crippen LogP contribution in [0.25, 0.3) is 0 Å². The van der Waals surface area contributed by atoms with Gasteiger partial charge < -0.3 is 5.32 Å². The van der Waals surface area contributed by atoms with Crippen molar-refractivity contribution >= 4 is 11.0 Å². The molecule has 0 aliphatic carbocycles. The molecule has 0 bridgehead atoms. The van der Waals surface area contributed by atoms with E-state index in [1.54, 1.807) is 0 Å². The molecule has 0 radical (unpaired) electrons. The molecule has 2 unspecified atom stereocenters. The van der Waals surface area contributed by atoms with E-state index < -0.39 is 11.0 Å². The zero-order valence-corrected chi connectivity index (χ0v) is 8.01. The number of hydrogen-bond acceptors (Lipinski definition) is 2. The summed E-state index contributed by atoms with van der Waals surface area (Å²) >= 11 is 0. The zero-order valence-electron chi connectivity index (χ0n) is 7.19. The first-order valence-corrected chi connectivity index (χ1v) is 5.48. The van der Waals surface area contributed by atoms with Gasteiger partial charge in [-0.1, -0.05) is 12.1 Å². The summed E-state index contributed by atoms with van der Waals surface area (Å²) < 4.78 is 10.9. The van der Waals surface area contributed by atoms with Crippen LogP contribution in [0.4, 0.5) is 0 Å². The number of benzene rings is 1. The molecule has 1 aromatic carbocycles. The summed E-state index contributed by atoms with van der Waals surface area (Å²) in [4.78, 5) is 0.683. The summed E-state index contributed by atoms with van der Waals surface area (Å²) in [5.74, 6) is 0. The van der Waals surface area contributed by atoms with Crippen LogP contribution in [0.15, 0.2) is 29.2 Å². The smallest absolute Gasteiger partial charge is 0.122 e. The van der Waals surface area contributed by atoms with Gasteiger partial charge in [0.1, 0.15) is 11.0 Å². The predicted molar refractivity (Wildman–Crippen MR) is 52.4 cm³/mol. The summed E-state index contributed by atoms with van der Waals surface area (Å²) in [6.07, 6.45) is 1.19. The lowest BCUT2D eigenvalue weighted by molar-refractivity contribution is 0.383. The van der Waals surface area contributed by atoms with Crippen molar-refractivity contribution in [3.05, 3.63) is 29.8 Å². The zero-order chi connectivity index (χ0) is 9.26. The van der Waals surface area contributed by atoms with Crippen LogP contribution < -0.4 is 10.5 Å². The second-order valence-corrected chi connectivity index (χ2v) is 4.23.